The number of carbonyl (C=O) groups is 4. The molecule has 0 aromatic rings. The van der Waals surface area contributed by atoms with Gasteiger partial charge in [-0.3, -0.25) is 14.4 Å². The van der Waals surface area contributed by atoms with Crippen molar-refractivity contribution in [2.24, 2.45) is 0 Å². The molecule has 1 rings (SSSR count). The van der Waals surface area contributed by atoms with E-state index in [9.17, 15) is 19.2 Å². The van der Waals surface area contributed by atoms with Crippen molar-refractivity contribution in [2.75, 3.05) is 5.75 Å². The molecule has 1 heterocycles. The molecule has 4 N–H and O–H groups in total. The van der Waals surface area contributed by atoms with Crippen LogP contribution in [-0.2, 0) is 19.2 Å². The Balaban J connectivity index is 2.26. The van der Waals surface area contributed by atoms with Gasteiger partial charge in [-0.2, -0.15) is 0 Å². The van der Waals surface area contributed by atoms with E-state index in [1.54, 1.807) is 0 Å². The molecule has 0 aliphatic carbocycles. The quantitative estimate of drug-likeness (QED) is 0.284. The third-order valence-electron chi connectivity index (χ3n) is 3.94. The van der Waals surface area contributed by atoms with Crippen molar-refractivity contribution in [1.29, 1.82) is 0 Å². The molecule has 8 nitrogen and oxygen atoms in total. The van der Waals surface area contributed by atoms with Crippen molar-refractivity contribution in [1.82, 2.24) is 10.6 Å². The summed E-state index contributed by atoms with van der Waals surface area (Å²) >= 11 is 0. The molecular formula is C16H26N2O6S2. The second-order valence-corrected chi connectivity index (χ2v) is 8.98. The molecule has 26 heavy (non-hydrogen) atoms. The summed E-state index contributed by atoms with van der Waals surface area (Å²) < 4.78 is 0. The minimum Gasteiger partial charge on any atom is -0.481 e. The number of carboxylic acid groups (broad SMARTS) is 2. The number of carbonyl (C=O) groups excluding carboxylic acids is 2. The molecule has 3 atom stereocenters. The number of amides is 2. The van der Waals surface area contributed by atoms with Gasteiger partial charge in [0.05, 0.1) is 0 Å². The molecule has 1 aliphatic rings. The third-order valence-corrected chi connectivity index (χ3v) is 6.95. The second kappa shape index (κ2) is 12.1. The van der Waals surface area contributed by atoms with Gasteiger partial charge in [0.2, 0.25) is 11.8 Å². The van der Waals surface area contributed by atoms with E-state index in [0.29, 0.717) is 11.7 Å². The van der Waals surface area contributed by atoms with Crippen molar-refractivity contribution in [3.05, 3.63) is 0 Å². The van der Waals surface area contributed by atoms with E-state index < -0.39 is 29.9 Å². The van der Waals surface area contributed by atoms with E-state index in [0.717, 1.165) is 19.3 Å². The van der Waals surface area contributed by atoms with Crippen LogP contribution >= 0.6 is 21.6 Å². The zero-order chi connectivity index (χ0) is 19.5. The number of nitrogens with one attached hydrogen (secondary N) is 2. The summed E-state index contributed by atoms with van der Waals surface area (Å²) in [6.07, 6.45) is 3.75. The smallest absolute Gasteiger partial charge is 0.326 e. The van der Waals surface area contributed by atoms with Crippen LogP contribution in [0.4, 0.5) is 0 Å². The molecule has 0 saturated carbocycles. The van der Waals surface area contributed by atoms with E-state index >= 15 is 0 Å². The Morgan fingerprint density at radius 3 is 2.42 bits per heavy atom. The lowest BCUT2D eigenvalue weighted by Gasteiger charge is -2.18. The molecule has 0 unspecified atom stereocenters. The molecule has 1 saturated heterocycles. The highest BCUT2D eigenvalue weighted by molar-refractivity contribution is 8.77. The molecular weight excluding hydrogens is 380 g/mol. The van der Waals surface area contributed by atoms with Gasteiger partial charge < -0.3 is 20.8 Å². The van der Waals surface area contributed by atoms with Gasteiger partial charge in [-0.1, -0.05) is 28.0 Å². The third kappa shape index (κ3) is 9.33. The first-order valence-corrected chi connectivity index (χ1v) is 11.0. The fourth-order valence-electron chi connectivity index (χ4n) is 2.42. The molecule has 1 fully saturated rings. The van der Waals surface area contributed by atoms with Crippen molar-refractivity contribution in [3.8, 4) is 0 Å². The summed E-state index contributed by atoms with van der Waals surface area (Å²) in [6.45, 7) is 1.47. The summed E-state index contributed by atoms with van der Waals surface area (Å²) in [6, 6.07) is -2.17. The van der Waals surface area contributed by atoms with Gasteiger partial charge in [-0.15, -0.1) is 0 Å². The Kier molecular flexibility index (Phi) is 10.5. The summed E-state index contributed by atoms with van der Waals surface area (Å²) in [5.74, 6) is -2.15. The van der Waals surface area contributed by atoms with Gasteiger partial charge in [0, 0.05) is 23.8 Å². The molecule has 148 valence electrons. The number of unbranched alkanes of at least 4 members (excludes halogenated alkanes) is 1. The summed E-state index contributed by atoms with van der Waals surface area (Å²) in [5, 5.41) is 23.1. The SMILES string of the molecule is C[C@H](NC(=O)CCCC[C@H]1CCSS1)C(=O)N[C@@H](CCC(=O)O)C(=O)O. The van der Waals surface area contributed by atoms with E-state index in [1.807, 2.05) is 21.6 Å². The Bertz CT molecular complexity index is 511. The van der Waals surface area contributed by atoms with Gasteiger partial charge >= 0.3 is 11.9 Å². The van der Waals surface area contributed by atoms with E-state index in [4.69, 9.17) is 10.2 Å². The van der Waals surface area contributed by atoms with Gasteiger partial charge in [-0.05, 0) is 32.6 Å². The van der Waals surface area contributed by atoms with Crippen LogP contribution in [0.25, 0.3) is 0 Å². The minimum absolute atomic E-state index is 0.214. The fraction of sp³-hybridized carbons (Fsp3) is 0.750. The van der Waals surface area contributed by atoms with Gasteiger partial charge in [0.15, 0.2) is 0 Å². The first kappa shape index (κ1) is 22.6. The predicted molar refractivity (Wildman–Crippen MR) is 101 cm³/mol. The number of rotatable bonds is 12. The lowest BCUT2D eigenvalue weighted by Crippen LogP contribution is -2.50. The first-order valence-electron chi connectivity index (χ1n) is 8.62. The van der Waals surface area contributed by atoms with Crippen molar-refractivity contribution in [3.63, 3.8) is 0 Å². The number of hydrogen-bond acceptors (Lipinski definition) is 6. The van der Waals surface area contributed by atoms with Crippen LogP contribution in [0.2, 0.25) is 0 Å². The van der Waals surface area contributed by atoms with E-state index in [2.05, 4.69) is 10.6 Å². The van der Waals surface area contributed by atoms with Crippen LogP contribution in [-0.4, -0.2) is 57.1 Å². The standard InChI is InChI=1S/C16H26N2O6S2/c1-10(15(22)18-12(16(23)24)6-7-14(20)21)17-13(19)5-3-2-4-11-8-9-25-26-11/h10-12H,2-9H2,1H3,(H,17,19)(H,18,22)(H,20,21)(H,23,24)/t10-,11-,12-/m0/s1. The molecule has 10 heteroatoms. The zero-order valence-electron chi connectivity index (χ0n) is 14.7. The van der Waals surface area contributed by atoms with Crippen molar-refractivity contribution < 1.29 is 29.4 Å². The van der Waals surface area contributed by atoms with Crippen LogP contribution in [0, 0.1) is 0 Å². The van der Waals surface area contributed by atoms with Crippen molar-refractivity contribution in [2.45, 2.75) is 69.2 Å². The monoisotopic (exact) mass is 406 g/mol. The molecule has 0 aromatic carbocycles. The summed E-state index contributed by atoms with van der Waals surface area (Å²) in [7, 11) is 3.80. The van der Waals surface area contributed by atoms with E-state index in [-0.39, 0.29) is 18.7 Å². The van der Waals surface area contributed by atoms with Gasteiger partial charge in [0.25, 0.3) is 0 Å². The number of hydrogen-bond donors (Lipinski definition) is 4. The maximum atomic E-state index is 12.0. The molecule has 0 bridgehead atoms. The molecule has 0 radical (unpaired) electrons. The van der Waals surface area contributed by atoms with Crippen LogP contribution in [0.15, 0.2) is 0 Å². The fourth-order valence-corrected chi connectivity index (χ4v) is 5.45. The first-order chi connectivity index (χ1) is 12.3. The van der Waals surface area contributed by atoms with Crippen LogP contribution in [0.1, 0.15) is 51.9 Å². The molecule has 1 aliphatic heterocycles. The van der Waals surface area contributed by atoms with Crippen molar-refractivity contribution >= 4 is 45.3 Å². The Morgan fingerprint density at radius 1 is 1.12 bits per heavy atom. The summed E-state index contributed by atoms with van der Waals surface area (Å²) in [4.78, 5) is 45.5. The minimum atomic E-state index is -1.30. The molecule has 0 spiro atoms. The number of aliphatic carboxylic acids is 2. The highest BCUT2D eigenvalue weighted by atomic mass is 33.1. The predicted octanol–water partition coefficient (Wildman–Crippen LogP) is 1.64. The molecule has 0 aromatic heterocycles. The van der Waals surface area contributed by atoms with Gasteiger partial charge in [0.1, 0.15) is 12.1 Å². The van der Waals surface area contributed by atoms with E-state index in [1.165, 1.54) is 19.1 Å². The van der Waals surface area contributed by atoms with Crippen LogP contribution in [0.5, 0.6) is 0 Å². The highest BCUT2D eigenvalue weighted by Gasteiger charge is 2.24. The maximum absolute atomic E-state index is 12.0. The molecule has 2 amide bonds. The summed E-state index contributed by atoms with van der Waals surface area (Å²) in [5.41, 5.74) is 0. The largest absolute Gasteiger partial charge is 0.481 e. The number of carboxylic acids is 2. The second-order valence-electron chi connectivity index (χ2n) is 6.20. The highest BCUT2D eigenvalue weighted by Crippen LogP contribution is 2.39. The topological polar surface area (TPSA) is 133 Å². The van der Waals surface area contributed by atoms with Crippen LogP contribution in [0.3, 0.4) is 0 Å². The Labute approximate surface area is 160 Å². The lowest BCUT2D eigenvalue weighted by molar-refractivity contribution is -0.143. The average molecular weight is 407 g/mol. The maximum Gasteiger partial charge on any atom is 0.326 e. The normalized spacial score (nSPS) is 18.7. The average Bonchev–Trinajstić information content (AvgIpc) is 3.08. The zero-order valence-corrected chi connectivity index (χ0v) is 16.4. The lowest BCUT2D eigenvalue weighted by atomic mass is 10.1. The van der Waals surface area contributed by atoms with Crippen LogP contribution < -0.4 is 10.6 Å². The Morgan fingerprint density at radius 2 is 1.85 bits per heavy atom. The Hall–Kier alpha value is -1.42. The van der Waals surface area contributed by atoms with Gasteiger partial charge in [-0.25, -0.2) is 4.79 Å².